The van der Waals surface area contributed by atoms with Gasteiger partial charge in [-0.15, -0.1) is 11.3 Å². The predicted molar refractivity (Wildman–Crippen MR) is 107 cm³/mol. The fraction of sp³-hybridized carbons (Fsp3) is 0.400. The van der Waals surface area contributed by atoms with Crippen molar-refractivity contribution in [2.24, 2.45) is 0 Å². The lowest BCUT2D eigenvalue weighted by molar-refractivity contribution is -0.138. The summed E-state index contributed by atoms with van der Waals surface area (Å²) in [6.07, 6.45) is 0. The van der Waals surface area contributed by atoms with E-state index in [9.17, 15) is 9.59 Å². The van der Waals surface area contributed by atoms with E-state index in [-0.39, 0.29) is 30.3 Å². The van der Waals surface area contributed by atoms with Crippen molar-refractivity contribution in [3.05, 3.63) is 34.8 Å². The molecule has 7 nitrogen and oxygen atoms in total. The van der Waals surface area contributed by atoms with Crippen molar-refractivity contribution < 1.29 is 18.8 Å². The standard InChI is InChI=1S/C20H23N3O4S/c1-11(2)23(12(3)4)17(24)10-26-20(25)14-9-15(16-7-6-8-28-16)21-19-18(14)13(5)22-27-19/h6-9,11-12H,10H2,1-5H3. The second-order valence-corrected chi connectivity index (χ2v) is 7.99. The first kappa shape index (κ1) is 20.0. The zero-order valence-electron chi connectivity index (χ0n) is 16.6. The van der Waals surface area contributed by atoms with Crippen molar-refractivity contribution in [1.82, 2.24) is 15.0 Å². The van der Waals surface area contributed by atoms with Gasteiger partial charge in [0.1, 0.15) is 0 Å². The lowest BCUT2D eigenvalue weighted by atomic mass is 10.1. The number of esters is 1. The smallest absolute Gasteiger partial charge is 0.339 e. The number of hydrogen-bond donors (Lipinski definition) is 0. The van der Waals surface area contributed by atoms with Crippen LogP contribution in [0.2, 0.25) is 0 Å². The molecule has 3 rings (SSSR count). The Bertz CT molecular complexity index is 984. The molecule has 8 heteroatoms. The summed E-state index contributed by atoms with van der Waals surface area (Å²) in [5.41, 5.74) is 1.71. The molecule has 0 atom stereocenters. The zero-order chi connectivity index (χ0) is 20.4. The molecule has 1 amide bonds. The van der Waals surface area contributed by atoms with Crippen molar-refractivity contribution in [3.63, 3.8) is 0 Å². The molecule has 0 aliphatic heterocycles. The molecular formula is C20H23N3O4S. The Morgan fingerprint density at radius 1 is 1.25 bits per heavy atom. The van der Waals surface area contributed by atoms with Gasteiger partial charge in [-0.05, 0) is 52.1 Å². The maximum Gasteiger partial charge on any atom is 0.339 e. The SMILES string of the molecule is Cc1noc2nc(-c3cccs3)cc(C(=O)OCC(=O)N(C(C)C)C(C)C)c12. The van der Waals surface area contributed by atoms with E-state index in [1.54, 1.807) is 17.9 Å². The first-order valence-corrected chi connectivity index (χ1v) is 9.96. The van der Waals surface area contributed by atoms with Gasteiger partial charge in [0.15, 0.2) is 6.61 Å². The fourth-order valence-electron chi connectivity index (χ4n) is 3.26. The van der Waals surface area contributed by atoms with E-state index >= 15 is 0 Å². The number of aryl methyl sites for hydroxylation is 1. The van der Waals surface area contributed by atoms with Gasteiger partial charge < -0.3 is 14.2 Å². The zero-order valence-corrected chi connectivity index (χ0v) is 17.4. The minimum absolute atomic E-state index is 0.0181. The predicted octanol–water partition coefficient (Wildman–Crippen LogP) is 4.06. The van der Waals surface area contributed by atoms with Gasteiger partial charge in [0.2, 0.25) is 0 Å². The molecule has 0 aliphatic carbocycles. The molecule has 148 valence electrons. The van der Waals surface area contributed by atoms with Crippen LogP contribution in [0.4, 0.5) is 0 Å². The number of amides is 1. The van der Waals surface area contributed by atoms with Crippen LogP contribution in [0.3, 0.4) is 0 Å². The molecule has 0 bridgehead atoms. The average Bonchev–Trinajstić information content (AvgIpc) is 3.28. The van der Waals surface area contributed by atoms with E-state index in [4.69, 9.17) is 9.26 Å². The number of nitrogens with zero attached hydrogens (tertiary/aromatic N) is 3. The minimum Gasteiger partial charge on any atom is -0.452 e. The van der Waals surface area contributed by atoms with Crippen LogP contribution in [0.1, 0.15) is 43.7 Å². The highest BCUT2D eigenvalue weighted by atomic mass is 32.1. The van der Waals surface area contributed by atoms with Gasteiger partial charge in [0.25, 0.3) is 11.6 Å². The van der Waals surface area contributed by atoms with Gasteiger partial charge in [-0.2, -0.15) is 0 Å². The van der Waals surface area contributed by atoms with E-state index in [2.05, 4.69) is 10.1 Å². The number of rotatable bonds is 6. The third kappa shape index (κ3) is 3.91. The Balaban J connectivity index is 1.89. The topological polar surface area (TPSA) is 85.5 Å². The summed E-state index contributed by atoms with van der Waals surface area (Å²) >= 11 is 1.50. The summed E-state index contributed by atoms with van der Waals surface area (Å²) in [4.78, 5) is 32.4. The van der Waals surface area contributed by atoms with Gasteiger partial charge >= 0.3 is 5.97 Å². The van der Waals surface area contributed by atoms with Crippen molar-refractivity contribution in [2.45, 2.75) is 46.7 Å². The Morgan fingerprint density at radius 3 is 2.57 bits per heavy atom. The maximum atomic E-state index is 12.8. The summed E-state index contributed by atoms with van der Waals surface area (Å²) < 4.78 is 10.6. The van der Waals surface area contributed by atoms with Crippen LogP contribution in [0.25, 0.3) is 21.7 Å². The second kappa shape index (κ2) is 8.10. The number of hydrogen-bond acceptors (Lipinski definition) is 7. The Morgan fingerprint density at radius 2 is 1.96 bits per heavy atom. The number of ether oxygens (including phenoxy) is 1. The maximum absolute atomic E-state index is 12.8. The molecular weight excluding hydrogens is 378 g/mol. The summed E-state index contributed by atoms with van der Waals surface area (Å²) in [5, 5.41) is 6.34. The third-order valence-corrected chi connectivity index (χ3v) is 5.23. The summed E-state index contributed by atoms with van der Waals surface area (Å²) in [5.74, 6) is -0.832. The van der Waals surface area contributed by atoms with Crippen LogP contribution in [0, 0.1) is 6.92 Å². The lowest BCUT2D eigenvalue weighted by Crippen LogP contribution is -2.44. The number of fused-ring (bicyclic) bond motifs is 1. The molecule has 3 heterocycles. The van der Waals surface area contributed by atoms with Crippen molar-refractivity contribution in [1.29, 1.82) is 0 Å². The molecule has 0 spiro atoms. The monoisotopic (exact) mass is 401 g/mol. The van der Waals surface area contributed by atoms with Gasteiger partial charge in [-0.1, -0.05) is 11.2 Å². The summed E-state index contributed by atoms with van der Waals surface area (Å²) in [6, 6.07) is 5.51. The van der Waals surface area contributed by atoms with E-state index in [0.717, 1.165) is 4.88 Å². The number of carbonyl (C=O) groups is 2. The molecule has 3 aromatic rings. The first-order chi connectivity index (χ1) is 13.3. The van der Waals surface area contributed by atoms with Crippen LogP contribution in [0.15, 0.2) is 28.1 Å². The summed E-state index contributed by atoms with van der Waals surface area (Å²) in [6.45, 7) is 9.14. The molecule has 0 aliphatic rings. The van der Waals surface area contributed by atoms with Gasteiger partial charge in [0, 0.05) is 12.1 Å². The lowest BCUT2D eigenvalue weighted by Gasteiger charge is -2.30. The van der Waals surface area contributed by atoms with Crippen molar-refractivity contribution in [2.75, 3.05) is 6.61 Å². The van der Waals surface area contributed by atoms with Gasteiger partial charge in [-0.3, -0.25) is 4.79 Å². The molecule has 0 saturated carbocycles. The molecule has 0 N–H and O–H groups in total. The highest BCUT2D eigenvalue weighted by Gasteiger charge is 2.24. The van der Waals surface area contributed by atoms with Gasteiger partial charge in [-0.25, -0.2) is 9.78 Å². The largest absolute Gasteiger partial charge is 0.452 e. The molecule has 0 unspecified atom stereocenters. The van der Waals surface area contributed by atoms with E-state index in [0.29, 0.717) is 22.3 Å². The van der Waals surface area contributed by atoms with E-state index in [1.165, 1.54) is 11.3 Å². The van der Waals surface area contributed by atoms with Crippen LogP contribution in [0.5, 0.6) is 0 Å². The summed E-state index contributed by atoms with van der Waals surface area (Å²) in [7, 11) is 0. The molecule has 0 fully saturated rings. The van der Waals surface area contributed by atoms with Crippen LogP contribution in [-0.4, -0.2) is 45.6 Å². The van der Waals surface area contributed by atoms with Crippen LogP contribution >= 0.6 is 11.3 Å². The Kier molecular flexibility index (Phi) is 5.79. The molecule has 0 radical (unpaired) electrons. The number of thiophene rings is 1. The van der Waals surface area contributed by atoms with Crippen LogP contribution in [-0.2, 0) is 9.53 Å². The van der Waals surface area contributed by atoms with Gasteiger partial charge in [0.05, 0.1) is 27.2 Å². The van der Waals surface area contributed by atoms with Crippen molar-refractivity contribution >= 4 is 34.3 Å². The first-order valence-electron chi connectivity index (χ1n) is 9.08. The van der Waals surface area contributed by atoms with E-state index in [1.807, 2.05) is 45.2 Å². The molecule has 28 heavy (non-hydrogen) atoms. The normalized spacial score (nSPS) is 11.4. The molecule has 0 saturated heterocycles. The van der Waals surface area contributed by atoms with Crippen molar-refractivity contribution in [3.8, 4) is 10.6 Å². The minimum atomic E-state index is -0.600. The average molecular weight is 401 g/mol. The number of pyridine rings is 1. The molecule has 0 aromatic carbocycles. The quantitative estimate of drug-likeness (QED) is 0.579. The van der Waals surface area contributed by atoms with E-state index < -0.39 is 5.97 Å². The number of carbonyl (C=O) groups excluding carboxylic acids is 2. The fourth-order valence-corrected chi connectivity index (χ4v) is 3.94. The third-order valence-electron chi connectivity index (χ3n) is 4.34. The number of aromatic nitrogens is 2. The Hall–Kier alpha value is -2.74. The highest BCUT2D eigenvalue weighted by Crippen LogP contribution is 2.29. The molecule has 3 aromatic heterocycles. The highest BCUT2D eigenvalue weighted by molar-refractivity contribution is 7.13. The van der Waals surface area contributed by atoms with Crippen LogP contribution < -0.4 is 0 Å². The second-order valence-electron chi connectivity index (χ2n) is 7.05. The Labute approximate surface area is 167 Å².